The summed E-state index contributed by atoms with van der Waals surface area (Å²) in [6.45, 7) is 5.85. The first kappa shape index (κ1) is 22.8. The number of nitrogens with zero attached hydrogens (tertiary/aromatic N) is 1. The number of halogens is 1. The molecule has 7 heteroatoms. The molecule has 1 aromatic carbocycles. The van der Waals surface area contributed by atoms with Gasteiger partial charge in [-0.05, 0) is 44.4 Å². The highest BCUT2D eigenvalue weighted by Crippen LogP contribution is 2.28. The maximum absolute atomic E-state index is 5.83. The van der Waals surface area contributed by atoms with Gasteiger partial charge >= 0.3 is 0 Å². The molecule has 1 aromatic rings. The number of benzene rings is 1. The summed E-state index contributed by atoms with van der Waals surface area (Å²) in [5, 5.41) is 3.09. The second kappa shape index (κ2) is 13.1. The normalized spacial score (nSPS) is 12.2. The predicted molar refractivity (Wildman–Crippen MR) is 109 cm³/mol. The Hall–Kier alpha value is -1.22. The van der Waals surface area contributed by atoms with Gasteiger partial charge in [0.15, 0.2) is 17.5 Å². The van der Waals surface area contributed by atoms with Crippen molar-refractivity contribution in [3.8, 4) is 11.5 Å². The Morgan fingerprint density at radius 2 is 2.04 bits per heavy atom. The molecule has 0 aromatic heterocycles. The summed E-state index contributed by atoms with van der Waals surface area (Å²) in [6.07, 6.45) is 1.83. The summed E-state index contributed by atoms with van der Waals surface area (Å²) in [7, 11) is 3.31. The van der Waals surface area contributed by atoms with Gasteiger partial charge in [-0.1, -0.05) is 6.07 Å². The fraction of sp³-hybridized carbons (Fsp3) is 0.588. The van der Waals surface area contributed by atoms with E-state index in [0.29, 0.717) is 25.7 Å². The molecule has 0 heterocycles. The lowest BCUT2D eigenvalue weighted by Gasteiger charge is -2.13. The van der Waals surface area contributed by atoms with E-state index in [-0.39, 0.29) is 30.0 Å². The summed E-state index contributed by atoms with van der Waals surface area (Å²) in [5.74, 6) is 2.00. The largest absolute Gasteiger partial charge is 0.493 e. The van der Waals surface area contributed by atoms with Gasteiger partial charge in [-0.2, -0.15) is 0 Å². The monoisotopic (exact) mass is 451 g/mol. The van der Waals surface area contributed by atoms with Crippen LogP contribution in [0.25, 0.3) is 0 Å². The van der Waals surface area contributed by atoms with E-state index in [2.05, 4.69) is 10.3 Å². The SMILES string of the molecule is CCOc1cc(CCCN=C(N)NC(C)COC)ccc1OC.I. The third-order valence-corrected chi connectivity index (χ3v) is 3.24. The van der Waals surface area contributed by atoms with Crippen LogP contribution in [-0.4, -0.2) is 46.0 Å². The van der Waals surface area contributed by atoms with Gasteiger partial charge in [0.1, 0.15) is 0 Å². The number of ether oxygens (including phenoxy) is 3. The number of hydrogen-bond acceptors (Lipinski definition) is 4. The van der Waals surface area contributed by atoms with Gasteiger partial charge in [-0.25, -0.2) is 0 Å². The number of rotatable bonds is 10. The summed E-state index contributed by atoms with van der Waals surface area (Å²) in [5.41, 5.74) is 7.03. The van der Waals surface area contributed by atoms with E-state index in [1.807, 2.05) is 32.0 Å². The fourth-order valence-corrected chi connectivity index (χ4v) is 2.22. The molecule has 24 heavy (non-hydrogen) atoms. The molecule has 0 amide bonds. The average Bonchev–Trinajstić information content (AvgIpc) is 2.52. The molecule has 1 rings (SSSR count). The average molecular weight is 451 g/mol. The molecule has 0 saturated heterocycles. The molecule has 0 saturated carbocycles. The van der Waals surface area contributed by atoms with Gasteiger partial charge in [0.2, 0.25) is 0 Å². The smallest absolute Gasteiger partial charge is 0.188 e. The van der Waals surface area contributed by atoms with Crippen LogP contribution in [0.5, 0.6) is 11.5 Å². The maximum atomic E-state index is 5.83. The molecule has 0 aliphatic heterocycles. The molecule has 0 radical (unpaired) electrons. The van der Waals surface area contributed by atoms with Crippen molar-refractivity contribution < 1.29 is 14.2 Å². The van der Waals surface area contributed by atoms with Crippen molar-refractivity contribution in [1.82, 2.24) is 5.32 Å². The first-order valence-electron chi connectivity index (χ1n) is 7.95. The van der Waals surface area contributed by atoms with Crippen molar-refractivity contribution in [1.29, 1.82) is 0 Å². The van der Waals surface area contributed by atoms with Crippen molar-refractivity contribution in [3.05, 3.63) is 23.8 Å². The second-order valence-electron chi connectivity index (χ2n) is 5.29. The topological polar surface area (TPSA) is 78.1 Å². The van der Waals surface area contributed by atoms with Crippen LogP contribution in [0.3, 0.4) is 0 Å². The van der Waals surface area contributed by atoms with Crippen molar-refractivity contribution in [3.63, 3.8) is 0 Å². The Kier molecular flexibility index (Phi) is 12.4. The second-order valence-corrected chi connectivity index (χ2v) is 5.29. The Morgan fingerprint density at radius 3 is 2.67 bits per heavy atom. The van der Waals surface area contributed by atoms with E-state index in [9.17, 15) is 0 Å². The van der Waals surface area contributed by atoms with Crippen LogP contribution in [0.15, 0.2) is 23.2 Å². The van der Waals surface area contributed by atoms with Gasteiger partial charge in [0.05, 0.1) is 20.3 Å². The number of aryl methyl sites for hydroxylation is 1. The molecular weight excluding hydrogens is 421 g/mol. The number of aliphatic imine (C=N–C) groups is 1. The van der Waals surface area contributed by atoms with E-state index in [0.717, 1.165) is 24.3 Å². The lowest BCUT2D eigenvalue weighted by atomic mass is 10.1. The van der Waals surface area contributed by atoms with Crippen molar-refractivity contribution in [2.24, 2.45) is 10.7 Å². The highest BCUT2D eigenvalue weighted by molar-refractivity contribution is 14.0. The molecule has 138 valence electrons. The van der Waals surface area contributed by atoms with Crippen LogP contribution in [-0.2, 0) is 11.2 Å². The highest BCUT2D eigenvalue weighted by Gasteiger charge is 2.05. The number of hydrogen-bond donors (Lipinski definition) is 2. The zero-order valence-electron chi connectivity index (χ0n) is 15.0. The van der Waals surface area contributed by atoms with Gasteiger partial charge in [-0.3, -0.25) is 4.99 Å². The molecule has 0 bridgehead atoms. The number of nitrogens with two attached hydrogens (primary N) is 1. The maximum Gasteiger partial charge on any atom is 0.188 e. The first-order chi connectivity index (χ1) is 11.1. The summed E-state index contributed by atoms with van der Waals surface area (Å²) in [4.78, 5) is 4.33. The molecule has 1 unspecified atom stereocenters. The Morgan fingerprint density at radius 1 is 1.29 bits per heavy atom. The van der Waals surface area contributed by atoms with Crippen molar-refractivity contribution in [2.45, 2.75) is 32.7 Å². The van der Waals surface area contributed by atoms with Crippen LogP contribution < -0.4 is 20.5 Å². The third-order valence-electron chi connectivity index (χ3n) is 3.24. The molecule has 0 aliphatic carbocycles. The molecule has 3 N–H and O–H groups in total. The van der Waals surface area contributed by atoms with Crippen molar-refractivity contribution >= 4 is 29.9 Å². The van der Waals surface area contributed by atoms with E-state index >= 15 is 0 Å². The number of guanidine groups is 1. The van der Waals surface area contributed by atoms with E-state index in [1.165, 1.54) is 5.56 Å². The first-order valence-corrected chi connectivity index (χ1v) is 7.95. The van der Waals surface area contributed by atoms with Crippen LogP contribution in [0.1, 0.15) is 25.8 Å². The summed E-state index contributed by atoms with van der Waals surface area (Å²) < 4.78 is 15.9. The van der Waals surface area contributed by atoms with Gasteiger partial charge < -0.3 is 25.3 Å². The van der Waals surface area contributed by atoms with Gasteiger partial charge in [-0.15, -0.1) is 24.0 Å². The summed E-state index contributed by atoms with van der Waals surface area (Å²) >= 11 is 0. The Labute approximate surface area is 162 Å². The summed E-state index contributed by atoms with van der Waals surface area (Å²) in [6, 6.07) is 6.16. The lowest BCUT2D eigenvalue weighted by Crippen LogP contribution is -2.40. The minimum Gasteiger partial charge on any atom is -0.493 e. The Balaban J connectivity index is 0.00000529. The molecule has 1 atom stereocenters. The Bertz CT molecular complexity index is 498. The highest BCUT2D eigenvalue weighted by atomic mass is 127. The predicted octanol–water partition coefficient (Wildman–Crippen LogP) is 2.58. The molecule has 0 spiro atoms. The zero-order chi connectivity index (χ0) is 17.1. The number of nitrogens with one attached hydrogen (secondary N) is 1. The lowest BCUT2D eigenvalue weighted by molar-refractivity contribution is 0.179. The zero-order valence-corrected chi connectivity index (χ0v) is 17.3. The van der Waals surface area contributed by atoms with Crippen LogP contribution in [0, 0.1) is 0 Å². The van der Waals surface area contributed by atoms with Crippen molar-refractivity contribution in [2.75, 3.05) is 34.0 Å². The molecule has 0 aliphatic rings. The van der Waals surface area contributed by atoms with E-state index < -0.39 is 0 Å². The standard InChI is InChI=1S/C17H29N3O3.HI/c1-5-23-16-11-14(8-9-15(16)22-4)7-6-10-19-17(18)20-13(2)12-21-3;/h8-9,11,13H,5-7,10,12H2,1-4H3,(H3,18,19,20);1H. The third kappa shape index (κ3) is 8.58. The van der Waals surface area contributed by atoms with Crippen LogP contribution in [0.2, 0.25) is 0 Å². The molecule has 6 nitrogen and oxygen atoms in total. The van der Waals surface area contributed by atoms with E-state index in [4.69, 9.17) is 19.9 Å². The van der Waals surface area contributed by atoms with Gasteiger partial charge in [0.25, 0.3) is 0 Å². The minimum absolute atomic E-state index is 0. The fourth-order valence-electron chi connectivity index (χ4n) is 2.22. The molecular formula is C17H30IN3O3. The number of methoxy groups -OCH3 is 2. The van der Waals surface area contributed by atoms with Crippen LogP contribution in [0.4, 0.5) is 0 Å². The van der Waals surface area contributed by atoms with Gasteiger partial charge in [0, 0.05) is 19.7 Å². The van der Waals surface area contributed by atoms with Crippen LogP contribution >= 0.6 is 24.0 Å². The quantitative estimate of drug-likeness (QED) is 0.248. The minimum atomic E-state index is 0. The van der Waals surface area contributed by atoms with E-state index in [1.54, 1.807) is 14.2 Å². The molecule has 0 fully saturated rings.